The summed E-state index contributed by atoms with van der Waals surface area (Å²) < 4.78 is 40.5. The zero-order valence-electron chi connectivity index (χ0n) is 18.3. The van der Waals surface area contributed by atoms with Gasteiger partial charge in [0, 0.05) is 42.2 Å². The van der Waals surface area contributed by atoms with E-state index in [-0.39, 0.29) is 29.3 Å². The van der Waals surface area contributed by atoms with Gasteiger partial charge in [0.25, 0.3) is 0 Å². The van der Waals surface area contributed by atoms with Crippen LogP contribution < -0.4 is 15.4 Å². The highest BCUT2D eigenvalue weighted by Gasteiger charge is 2.25. The second kappa shape index (κ2) is 10.6. The summed E-state index contributed by atoms with van der Waals surface area (Å²) in [5, 5.41) is 16.2. The molecule has 0 saturated carbocycles. The van der Waals surface area contributed by atoms with Gasteiger partial charge in [0.1, 0.15) is 11.4 Å². The Kier molecular flexibility index (Phi) is 8.06. The van der Waals surface area contributed by atoms with Crippen LogP contribution in [-0.4, -0.2) is 46.0 Å². The second-order valence-corrected chi connectivity index (χ2v) is 8.99. The van der Waals surface area contributed by atoms with Gasteiger partial charge in [-0.25, -0.2) is 13.8 Å². The normalized spacial score (nSPS) is 13.2. The quantitative estimate of drug-likeness (QED) is 0.309. The van der Waals surface area contributed by atoms with Crippen LogP contribution in [0.3, 0.4) is 0 Å². The van der Waals surface area contributed by atoms with Crippen molar-refractivity contribution in [3.8, 4) is 11.5 Å². The molecule has 0 amide bonds. The number of rotatable bonds is 9. The van der Waals surface area contributed by atoms with E-state index >= 15 is 0 Å². The van der Waals surface area contributed by atoms with Gasteiger partial charge in [-0.15, -0.1) is 0 Å². The van der Waals surface area contributed by atoms with Crippen LogP contribution in [0.4, 0.5) is 14.5 Å². The first-order chi connectivity index (χ1) is 15.6. The molecule has 0 spiro atoms. The van der Waals surface area contributed by atoms with E-state index in [1.807, 2.05) is 20.8 Å². The van der Waals surface area contributed by atoms with E-state index in [0.717, 1.165) is 12.1 Å². The minimum Gasteiger partial charge on any atom is -0.450 e. The third kappa shape index (κ3) is 6.29. The number of hydrogen-bond acceptors (Lipinski definition) is 5. The highest BCUT2D eigenvalue weighted by atomic mass is 35.5. The zero-order valence-corrected chi connectivity index (χ0v) is 19.9. The fourth-order valence-electron chi connectivity index (χ4n) is 2.90. The number of anilines is 1. The average Bonchev–Trinajstić information content (AvgIpc) is 3.15. The third-order valence-electron chi connectivity index (χ3n) is 4.78. The Morgan fingerprint density at radius 1 is 1.33 bits per heavy atom. The summed E-state index contributed by atoms with van der Waals surface area (Å²) >= 11 is 11.3. The molecule has 1 unspecified atom stereocenters. The molecule has 2 heterocycles. The molecule has 0 radical (unpaired) electrons. The lowest BCUT2D eigenvalue weighted by Gasteiger charge is -2.29. The van der Waals surface area contributed by atoms with Crippen LogP contribution in [0.15, 0.2) is 30.6 Å². The number of nitrogens with zero attached hydrogens (tertiary/aromatic N) is 1. The number of aliphatic hydroxyl groups is 1. The Morgan fingerprint density at radius 3 is 2.67 bits per heavy atom. The maximum atomic E-state index is 14.7. The lowest BCUT2D eigenvalue weighted by molar-refractivity contribution is -0.00872. The molecule has 2 aromatic heterocycles. The molecule has 3 rings (SSSR count). The van der Waals surface area contributed by atoms with Gasteiger partial charge in [-0.3, -0.25) is 0 Å². The van der Waals surface area contributed by atoms with Crippen LogP contribution >= 0.6 is 23.8 Å². The summed E-state index contributed by atoms with van der Waals surface area (Å²) in [4.78, 5) is 6.94. The largest absolute Gasteiger partial charge is 0.450 e. The first-order valence-corrected chi connectivity index (χ1v) is 11.0. The van der Waals surface area contributed by atoms with Gasteiger partial charge in [-0.1, -0.05) is 18.5 Å². The molecule has 33 heavy (non-hydrogen) atoms. The van der Waals surface area contributed by atoms with Crippen LogP contribution in [0.25, 0.3) is 11.0 Å². The molecule has 178 valence electrons. The summed E-state index contributed by atoms with van der Waals surface area (Å²) in [5.41, 5.74) is -0.0558. The van der Waals surface area contributed by atoms with Crippen LogP contribution in [0.2, 0.25) is 5.02 Å². The van der Waals surface area contributed by atoms with Gasteiger partial charge >= 0.3 is 0 Å². The van der Waals surface area contributed by atoms with Crippen LogP contribution in [0.1, 0.15) is 20.8 Å². The maximum absolute atomic E-state index is 14.7. The molecule has 3 aromatic rings. The number of aliphatic hydroxyl groups excluding tert-OH is 1. The first-order valence-electron chi connectivity index (χ1n) is 10.2. The minimum atomic E-state index is -0.928. The fraction of sp³-hybridized carbons (Fsp3) is 0.364. The standard InChI is InChI=1S/C22H25ClF2N4O3S/c1-12(2)31-11-22(3,10-30)9-28-21(33)29-13-6-15(24)19(16(25)7-13)32-17-4-5-26-20-18(17)14(23)8-27-20/h4-8,12,30H,9-11H2,1-3H3,(H,26,27)(H2,28,29,33). The van der Waals surface area contributed by atoms with Crippen LogP contribution in [0.5, 0.6) is 11.5 Å². The molecule has 0 bridgehead atoms. The number of aromatic nitrogens is 2. The number of benzene rings is 1. The van der Waals surface area contributed by atoms with E-state index in [1.165, 1.54) is 18.5 Å². The van der Waals surface area contributed by atoms with E-state index in [0.29, 0.717) is 29.2 Å². The average molecular weight is 499 g/mol. The van der Waals surface area contributed by atoms with Gasteiger partial charge in [0.2, 0.25) is 0 Å². The molecule has 11 heteroatoms. The number of fused-ring (bicyclic) bond motifs is 1. The van der Waals surface area contributed by atoms with Gasteiger partial charge in [0.15, 0.2) is 22.5 Å². The zero-order chi connectivity index (χ0) is 24.2. The molecule has 4 N–H and O–H groups in total. The maximum Gasteiger partial charge on any atom is 0.198 e. The second-order valence-electron chi connectivity index (χ2n) is 8.18. The fourth-order valence-corrected chi connectivity index (χ4v) is 3.33. The van der Waals surface area contributed by atoms with Crippen molar-refractivity contribution in [3.63, 3.8) is 0 Å². The Morgan fingerprint density at radius 2 is 2.03 bits per heavy atom. The van der Waals surface area contributed by atoms with E-state index < -0.39 is 22.8 Å². The first kappa shape index (κ1) is 25.1. The van der Waals surface area contributed by atoms with Gasteiger partial charge < -0.3 is 30.2 Å². The Balaban J connectivity index is 1.68. The predicted molar refractivity (Wildman–Crippen MR) is 128 cm³/mol. The number of hydrogen-bond donors (Lipinski definition) is 4. The van der Waals surface area contributed by atoms with E-state index in [1.54, 1.807) is 0 Å². The van der Waals surface area contributed by atoms with E-state index in [2.05, 4.69) is 20.6 Å². The van der Waals surface area contributed by atoms with Crippen molar-refractivity contribution in [1.29, 1.82) is 0 Å². The Labute approximate surface area is 200 Å². The number of halogens is 3. The number of thiocarbonyl (C=S) groups is 1. The summed E-state index contributed by atoms with van der Waals surface area (Å²) in [7, 11) is 0. The molecule has 0 fully saturated rings. The minimum absolute atomic E-state index is 0.0177. The van der Waals surface area contributed by atoms with Crippen molar-refractivity contribution < 1.29 is 23.4 Å². The predicted octanol–water partition coefficient (Wildman–Crippen LogP) is 5.00. The summed E-state index contributed by atoms with van der Waals surface area (Å²) in [6.45, 7) is 6.13. The smallest absolute Gasteiger partial charge is 0.198 e. The molecule has 0 aliphatic heterocycles. The molecule has 0 aliphatic carbocycles. The molecule has 1 atom stereocenters. The number of H-pyrrole nitrogens is 1. The molecule has 0 aliphatic rings. The van der Waals surface area contributed by atoms with Crippen molar-refractivity contribution in [2.24, 2.45) is 5.41 Å². The third-order valence-corrected chi connectivity index (χ3v) is 5.32. The highest BCUT2D eigenvalue weighted by molar-refractivity contribution is 7.80. The Hall–Kier alpha value is -2.53. The van der Waals surface area contributed by atoms with Crippen LogP contribution in [-0.2, 0) is 4.74 Å². The van der Waals surface area contributed by atoms with Crippen molar-refractivity contribution in [3.05, 3.63) is 47.2 Å². The van der Waals surface area contributed by atoms with Crippen molar-refractivity contribution in [2.45, 2.75) is 26.9 Å². The van der Waals surface area contributed by atoms with Crippen molar-refractivity contribution >= 4 is 45.7 Å². The number of nitrogens with one attached hydrogen (secondary N) is 3. The monoisotopic (exact) mass is 498 g/mol. The van der Waals surface area contributed by atoms with Gasteiger partial charge in [-0.2, -0.15) is 0 Å². The number of aromatic amines is 1. The molecular formula is C22H25ClF2N4O3S. The van der Waals surface area contributed by atoms with Gasteiger partial charge in [-0.05, 0) is 32.1 Å². The van der Waals surface area contributed by atoms with Gasteiger partial charge in [0.05, 0.1) is 29.7 Å². The SMILES string of the molecule is CC(C)OCC(C)(CO)CNC(=S)Nc1cc(F)c(Oc2ccnc3[nH]cc(Cl)c23)c(F)c1. The molecular weight excluding hydrogens is 474 g/mol. The number of ether oxygens (including phenoxy) is 2. The molecule has 0 saturated heterocycles. The number of pyridine rings is 1. The van der Waals surface area contributed by atoms with Crippen molar-refractivity contribution in [1.82, 2.24) is 15.3 Å². The van der Waals surface area contributed by atoms with Crippen LogP contribution in [0, 0.1) is 17.0 Å². The molecule has 7 nitrogen and oxygen atoms in total. The van der Waals surface area contributed by atoms with Crippen molar-refractivity contribution in [2.75, 3.05) is 25.1 Å². The Bertz CT molecular complexity index is 1120. The lowest BCUT2D eigenvalue weighted by atomic mass is 9.93. The molecule has 1 aromatic carbocycles. The summed E-state index contributed by atoms with van der Waals surface area (Å²) in [5.74, 6) is -2.28. The summed E-state index contributed by atoms with van der Waals surface area (Å²) in [6.07, 6.45) is 2.97. The summed E-state index contributed by atoms with van der Waals surface area (Å²) in [6, 6.07) is 3.60. The van der Waals surface area contributed by atoms with E-state index in [4.69, 9.17) is 33.3 Å². The topological polar surface area (TPSA) is 91.4 Å². The highest BCUT2D eigenvalue weighted by Crippen LogP contribution is 2.36. The lowest BCUT2D eigenvalue weighted by Crippen LogP contribution is -2.43. The van der Waals surface area contributed by atoms with E-state index in [9.17, 15) is 13.9 Å².